The Balaban J connectivity index is 1.59. The summed E-state index contributed by atoms with van der Waals surface area (Å²) < 4.78 is 32.9. The number of hydrogen-bond acceptors (Lipinski definition) is 10. The van der Waals surface area contributed by atoms with Crippen LogP contribution in [0.3, 0.4) is 0 Å². The summed E-state index contributed by atoms with van der Waals surface area (Å²) in [6.07, 6.45) is 3.41. The molecule has 4 heterocycles. The van der Waals surface area contributed by atoms with Crippen molar-refractivity contribution in [3.05, 3.63) is 57.9 Å². The third kappa shape index (κ3) is 5.07. The minimum absolute atomic E-state index is 0.0483. The summed E-state index contributed by atoms with van der Waals surface area (Å²) in [5, 5.41) is 9.30. The van der Waals surface area contributed by atoms with Crippen LogP contribution in [0.2, 0.25) is 0 Å². The number of fused-ring (bicyclic) bond motifs is 1. The van der Waals surface area contributed by atoms with Crippen molar-refractivity contribution < 1.29 is 28.2 Å². The van der Waals surface area contributed by atoms with Gasteiger partial charge in [0.05, 0.1) is 31.5 Å². The zero-order valence-corrected chi connectivity index (χ0v) is 22.9. The lowest BCUT2D eigenvalue weighted by Gasteiger charge is -2.22. The molecule has 0 unspecified atom stereocenters. The van der Waals surface area contributed by atoms with Crippen LogP contribution in [0.1, 0.15) is 36.1 Å². The smallest absolute Gasteiger partial charge is 0.301 e. The van der Waals surface area contributed by atoms with Crippen LogP contribution >= 0.6 is 11.3 Å². The SMILES string of the molecule is COc1ccc(F)cc1[C@H](COc1nc2sc(-n3nccn3)c(C)c2c(=O)n1[C@H]1CCN(C)C1=O)OCCC=O. The number of methoxy groups -OCH3 is 1. The zero-order valence-electron chi connectivity index (χ0n) is 22.1. The predicted octanol–water partition coefficient (Wildman–Crippen LogP) is 2.62. The summed E-state index contributed by atoms with van der Waals surface area (Å²) in [5.74, 6) is -0.384. The molecule has 0 spiro atoms. The number of carbonyl (C=O) groups excluding carboxylic acids is 2. The molecule has 0 bridgehead atoms. The van der Waals surface area contributed by atoms with Crippen molar-refractivity contribution in [2.45, 2.75) is 31.9 Å². The zero-order chi connectivity index (χ0) is 28.4. The highest BCUT2D eigenvalue weighted by Gasteiger charge is 2.35. The van der Waals surface area contributed by atoms with Crippen LogP contribution in [0.25, 0.3) is 15.2 Å². The highest BCUT2D eigenvalue weighted by molar-refractivity contribution is 7.21. The number of aldehydes is 1. The molecule has 12 nitrogen and oxygen atoms in total. The summed E-state index contributed by atoms with van der Waals surface area (Å²) >= 11 is 1.22. The van der Waals surface area contributed by atoms with Crippen LogP contribution in [0.4, 0.5) is 4.39 Å². The molecule has 1 aliphatic rings. The molecule has 2 atom stereocenters. The van der Waals surface area contributed by atoms with Crippen LogP contribution in [0.5, 0.6) is 11.8 Å². The molecular weight excluding hydrogens is 543 g/mol. The van der Waals surface area contributed by atoms with Gasteiger partial charge in [0.2, 0.25) is 5.91 Å². The molecule has 4 aromatic rings. The van der Waals surface area contributed by atoms with Gasteiger partial charge in [0.1, 0.15) is 46.4 Å². The number of amides is 1. The topological polar surface area (TPSA) is 131 Å². The number of likely N-dealkylation sites (N-methyl/N-ethyl adjacent to an activating group) is 1. The molecule has 0 aliphatic carbocycles. The van der Waals surface area contributed by atoms with Crippen molar-refractivity contribution in [2.24, 2.45) is 0 Å². The Morgan fingerprint density at radius 3 is 2.70 bits per heavy atom. The van der Waals surface area contributed by atoms with Crippen LogP contribution < -0.4 is 15.0 Å². The van der Waals surface area contributed by atoms with Gasteiger partial charge in [0.15, 0.2) is 0 Å². The molecule has 1 fully saturated rings. The lowest BCUT2D eigenvalue weighted by Crippen LogP contribution is -2.33. The van der Waals surface area contributed by atoms with E-state index in [9.17, 15) is 18.8 Å². The number of aryl methyl sites for hydroxylation is 1. The quantitative estimate of drug-likeness (QED) is 0.197. The second kappa shape index (κ2) is 11.5. The Bertz CT molecular complexity index is 1600. The summed E-state index contributed by atoms with van der Waals surface area (Å²) in [7, 11) is 3.12. The largest absolute Gasteiger partial charge is 0.496 e. The molecule has 1 aliphatic heterocycles. The van der Waals surface area contributed by atoms with E-state index in [-0.39, 0.29) is 31.6 Å². The third-order valence-corrected chi connectivity index (χ3v) is 7.86. The van der Waals surface area contributed by atoms with Crippen molar-refractivity contribution in [3.63, 3.8) is 0 Å². The molecule has 1 saturated heterocycles. The number of likely N-dealkylation sites (tertiary alicyclic amines) is 1. The normalized spacial score (nSPS) is 16.1. The summed E-state index contributed by atoms with van der Waals surface area (Å²) in [6.45, 7) is 2.09. The first-order valence-electron chi connectivity index (χ1n) is 12.5. The number of carbonyl (C=O) groups is 2. The predicted molar refractivity (Wildman–Crippen MR) is 143 cm³/mol. The van der Waals surface area contributed by atoms with Crippen molar-refractivity contribution >= 4 is 33.7 Å². The Kier molecular flexibility index (Phi) is 7.89. The number of aromatic nitrogens is 5. The fourth-order valence-corrected chi connectivity index (χ4v) is 5.77. The van der Waals surface area contributed by atoms with E-state index in [2.05, 4.69) is 15.2 Å². The Morgan fingerprint density at radius 2 is 2.02 bits per heavy atom. The first kappa shape index (κ1) is 27.4. The third-order valence-electron chi connectivity index (χ3n) is 6.71. The summed E-state index contributed by atoms with van der Waals surface area (Å²) in [6, 6.07) is 3.10. The molecule has 3 aromatic heterocycles. The van der Waals surface area contributed by atoms with E-state index in [1.165, 1.54) is 58.4 Å². The van der Waals surface area contributed by atoms with E-state index in [4.69, 9.17) is 14.2 Å². The monoisotopic (exact) mass is 570 g/mol. The maximum Gasteiger partial charge on any atom is 0.301 e. The fourth-order valence-electron chi connectivity index (χ4n) is 4.69. The minimum Gasteiger partial charge on any atom is -0.496 e. The van der Waals surface area contributed by atoms with Gasteiger partial charge in [-0.25, -0.2) is 8.96 Å². The Labute approximate surface area is 231 Å². The number of benzene rings is 1. The molecule has 40 heavy (non-hydrogen) atoms. The molecule has 0 N–H and O–H groups in total. The number of nitrogens with zero attached hydrogens (tertiary/aromatic N) is 6. The average Bonchev–Trinajstić information content (AvgIpc) is 3.67. The summed E-state index contributed by atoms with van der Waals surface area (Å²) in [4.78, 5) is 45.9. The van der Waals surface area contributed by atoms with Crippen molar-refractivity contribution in [1.82, 2.24) is 29.4 Å². The highest BCUT2D eigenvalue weighted by atomic mass is 32.1. The van der Waals surface area contributed by atoms with E-state index < -0.39 is 23.5 Å². The van der Waals surface area contributed by atoms with Gasteiger partial charge in [-0.1, -0.05) is 11.3 Å². The molecule has 5 rings (SSSR count). The lowest BCUT2D eigenvalue weighted by atomic mass is 10.1. The highest BCUT2D eigenvalue weighted by Crippen LogP contribution is 2.34. The first-order chi connectivity index (χ1) is 19.3. The molecule has 1 aromatic carbocycles. The second-order valence-corrected chi connectivity index (χ2v) is 10.2. The number of hydrogen-bond donors (Lipinski definition) is 0. The maximum absolute atomic E-state index is 14.2. The molecule has 1 amide bonds. The van der Waals surface area contributed by atoms with Gasteiger partial charge in [-0.15, -0.1) is 4.80 Å². The Morgan fingerprint density at radius 1 is 1.25 bits per heavy atom. The summed E-state index contributed by atoms with van der Waals surface area (Å²) in [5.41, 5.74) is 0.564. The van der Waals surface area contributed by atoms with E-state index in [0.29, 0.717) is 51.3 Å². The van der Waals surface area contributed by atoms with E-state index in [0.717, 1.165) is 0 Å². The standard InChI is InChI=1S/C26H27FN6O6S/c1-15-21-22(40-25(15)33-28-8-9-29-33)30-26(32(24(21)36)18-7-10-31(2)23(18)35)39-14-20(38-12-4-11-34)17-13-16(27)5-6-19(17)37-3/h5-6,8-9,11,13,18,20H,4,7,10,12,14H2,1-3H3/t18-,20-/m0/s1. The van der Waals surface area contributed by atoms with Crippen LogP contribution in [0.15, 0.2) is 35.4 Å². The van der Waals surface area contributed by atoms with E-state index >= 15 is 0 Å². The number of thiophene rings is 1. The Hall–Kier alpha value is -4.17. The van der Waals surface area contributed by atoms with Gasteiger partial charge in [0.25, 0.3) is 5.56 Å². The van der Waals surface area contributed by atoms with Crippen LogP contribution in [-0.4, -0.2) is 75.6 Å². The number of rotatable bonds is 11. The van der Waals surface area contributed by atoms with Gasteiger partial charge in [-0.2, -0.15) is 15.2 Å². The van der Waals surface area contributed by atoms with Crippen LogP contribution in [-0.2, 0) is 14.3 Å². The lowest BCUT2D eigenvalue weighted by molar-refractivity contribution is -0.129. The molecule has 0 radical (unpaired) electrons. The minimum atomic E-state index is -0.873. The molecule has 14 heteroatoms. The van der Waals surface area contributed by atoms with Gasteiger partial charge in [-0.05, 0) is 31.5 Å². The van der Waals surface area contributed by atoms with Gasteiger partial charge < -0.3 is 23.9 Å². The van der Waals surface area contributed by atoms with Gasteiger partial charge >= 0.3 is 6.01 Å². The molecule has 0 saturated carbocycles. The van der Waals surface area contributed by atoms with Gasteiger partial charge in [-0.3, -0.25) is 9.59 Å². The fraction of sp³-hybridized carbons (Fsp3) is 0.385. The van der Waals surface area contributed by atoms with Crippen LogP contribution in [0, 0.1) is 12.7 Å². The number of ether oxygens (including phenoxy) is 3. The van der Waals surface area contributed by atoms with Crippen molar-refractivity contribution in [2.75, 3.05) is 33.9 Å². The van der Waals surface area contributed by atoms with Gasteiger partial charge in [0, 0.05) is 31.1 Å². The van der Waals surface area contributed by atoms with Crippen molar-refractivity contribution in [1.29, 1.82) is 0 Å². The van der Waals surface area contributed by atoms with E-state index in [1.807, 2.05) is 0 Å². The first-order valence-corrected chi connectivity index (χ1v) is 13.3. The average molecular weight is 571 g/mol. The number of halogens is 1. The molecule has 210 valence electrons. The molecular formula is C26H27FN6O6S. The van der Waals surface area contributed by atoms with E-state index in [1.54, 1.807) is 18.9 Å². The van der Waals surface area contributed by atoms with Crippen molar-refractivity contribution in [3.8, 4) is 16.8 Å². The second-order valence-electron chi connectivity index (χ2n) is 9.18. The maximum atomic E-state index is 14.2.